The van der Waals surface area contributed by atoms with E-state index >= 15 is 0 Å². The van der Waals surface area contributed by atoms with Gasteiger partial charge in [0, 0.05) is 17.1 Å². The predicted octanol–water partition coefficient (Wildman–Crippen LogP) is 1.99. The van der Waals surface area contributed by atoms with Gasteiger partial charge in [-0.2, -0.15) is 0 Å². The lowest BCUT2D eigenvalue weighted by Crippen LogP contribution is -2.21. The topological polar surface area (TPSA) is 59.2 Å². The highest BCUT2D eigenvalue weighted by Crippen LogP contribution is 2.16. The average molecular weight is 296 g/mol. The molecule has 1 rings (SSSR count). The summed E-state index contributed by atoms with van der Waals surface area (Å²) in [7, 11) is 1.14. The lowest BCUT2D eigenvalue weighted by atomic mass is 10.1. The summed E-state index contributed by atoms with van der Waals surface area (Å²) in [5.41, 5.74) is -1.70. The molecule has 1 aromatic heterocycles. The Kier molecular flexibility index (Phi) is 4.17. The maximum Gasteiger partial charge on any atom is 0.354 e. The van der Waals surface area contributed by atoms with Crippen molar-refractivity contribution in [2.45, 2.75) is 11.8 Å². The number of hydrogen-bond acceptors (Lipinski definition) is 3. The Bertz CT molecular complexity index is 459. The Morgan fingerprint density at radius 1 is 1.62 bits per heavy atom. The molecule has 1 N–H and O–H groups in total. The third kappa shape index (κ3) is 2.29. The number of esters is 1. The van der Waals surface area contributed by atoms with Crippen molar-refractivity contribution in [3.05, 3.63) is 33.2 Å². The first-order valence-electron chi connectivity index (χ1n) is 4.19. The summed E-state index contributed by atoms with van der Waals surface area (Å²) in [5.74, 6) is -0.771. The normalized spacial score (nSPS) is 10.6. The number of aromatic nitrogens is 1. The summed E-state index contributed by atoms with van der Waals surface area (Å²) < 4.78 is 29.2. The van der Waals surface area contributed by atoms with E-state index in [0.29, 0.717) is 0 Å². The van der Waals surface area contributed by atoms with Gasteiger partial charge in [0.2, 0.25) is 0 Å². The molecule has 0 radical (unpaired) electrons. The molecule has 0 saturated carbocycles. The van der Waals surface area contributed by atoms with E-state index in [1.54, 1.807) is 0 Å². The summed E-state index contributed by atoms with van der Waals surface area (Å²) >= 11 is 2.97. The fourth-order valence-corrected chi connectivity index (χ4v) is 1.70. The second-order valence-electron chi connectivity index (χ2n) is 2.85. The Labute approximate surface area is 97.7 Å². The average Bonchev–Trinajstić information content (AvgIpc) is 2.26. The van der Waals surface area contributed by atoms with Crippen LogP contribution in [0.1, 0.15) is 28.0 Å². The van der Waals surface area contributed by atoms with Gasteiger partial charge in [-0.3, -0.25) is 4.79 Å². The monoisotopic (exact) mass is 295 g/mol. The minimum absolute atomic E-state index is 0.00662. The van der Waals surface area contributed by atoms with Gasteiger partial charge in [-0.15, -0.1) is 0 Å². The molecule has 7 heteroatoms. The molecule has 0 aliphatic carbocycles. The van der Waals surface area contributed by atoms with Crippen LogP contribution in [0.3, 0.4) is 0 Å². The lowest BCUT2D eigenvalue weighted by Gasteiger charge is -2.07. The molecule has 0 aliphatic rings. The molecule has 0 aromatic carbocycles. The number of pyridine rings is 1. The molecule has 16 heavy (non-hydrogen) atoms. The third-order valence-electron chi connectivity index (χ3n) is 1.97. The van der Waals surface area contributed by atoms with Crippen LogP contribution in [0.4, 0.5) is 8.78 Å². The molecule has 0 aliphatic heterocycles. The molecule has 0 spiro atoms. The van der Waals surface area contributed by atoms with E-state index in [4.69, 9.17) is 0 Å². The zero-order valence-corrected chi connectivity index (χ0v) is 9.81. The van der Waals surface area contributed by atoms with Crippen LogP contribution in [0.25, 0.3) is 0 Å². The Hall–Kier alpha value is -1.24. The van der Waals surface area contributed by atoms with E-state index in [1.165, 1.54) is 0 Å². The number of hydrogen-bond donors (Lipinski definition) is 1. The summed E-state index contributed by atoms with van der Waals surface area (Å²) in [6, 6.07) is 0. The van der Waals surface area contributed by atoms with Crippen molar-refractivity contribution in [2.24, 2.45) is 0 Å². The van der Waals surface area contributed by atoms with Crippen molar-refractivity contribution in [3.8, 4) is 0 Å². The van der Waals surface area contributed by atoms with E-state index in [9.17, 15) is 18.4 Å². The van der Waals surface area contributed by atoms with Gasteiger partial charge in [-0.1, -0.05) is 15.9 Å². The quantitative estimate of drug-likeness (QED) is 0.685. The fraction of sp³-hybridized carbons (Fsp3) is 0.333. The number of carbonyl (C=O) groups is 1. The number of aromatic amines is 1. The van der Waals surface area contributed by atoms with Gasteiger partial charge in [0.05, 0.1) is 12.7 Å². The first-order valence-corrected chi connectivity index (χ1v) is 5.32. The minimum Gasteiger partial charge on any atom is -0.464 e. The van der Waals surface area contributed by atoms with Crippen LogP contribution in [0.15, 0.2) is 11.0 Å². The summed E-state index contributed by atoms with van der Waals surface area (Å²) in [6.07, 6.45) is -2.06. The molecule has 1 heterocycles. The lowest BCUT2D eigenvalue weighted by molar-refractivity contribution is 0.0592. The number of methoxy groups -OCH3 is 1. The number of H-pyrrole nitrogens is 1. The molecule has 0 saturated heterocycles. The summed E-state index contributed by atoms with van der Waals surface area (Å²) in [5, 5.41) is -0.00662. The third-order valence-corrected chi connectivity index (χ3v) is 2.53. The number of nitrogens with one attached hydrogen (secondary N) is 1. The number of halogens is 3. The molecule has 0 atom stereocenters. The van der Waals surface area contributed by atoms with Crippen LogP contribution in [0.2, 0.25) is 0 Å². The van der Waals surface area contributed by atoms with Crippen LogP contribution in [0, 0.1) is 0 Å². The Morgan fingerprint density at radius 3 is 2.69 bits per heavy atom. The second-order valence-corrected chi connectivity index (χ2v) is 3.41. The van der Waals surface area contributed by atoms with E-state index in [0.717, 1.165) is 13.3 Å². The maximum atomic E-state index is 12.4. The van der Waals surface area contributed by atoms with Gasteiger partial charge in [-0.05, 0) is 0 Å². The number of alkyl halides is 3. The van der Waals surface area contributed by atoms with Crippen LogP contribution >= 0.6 is 15.9 Å². The fourth-order valence-electron chi connectivity index (χ4n) is 1.16. The van der Waals surface area contributed by atoms with Gasteiger partial charge < -0.3 is 9.72 Å². The van der Waals surface area contributed by atoms with Crippen LogP contribution in [0.5, 0.6) is 0 Å². The van der Waals surface area contributed by atoms with Gasteiger partial charge in [-0.25, -0.2) is 13.6 Å². The first kappa shape index (κ1) is 12.8. The highest BCUT2D eigenvalue weighted by molar-refractivity contribution is 9.08. The van der Waals surface area contributed by atoms with E-state index in [-0.39, 0.29) is 16.6 Å². The van der Waals surface area contributed by atoms with Gasteiger partial charge in [0.1, 0.15) is 5.69 Å². The molecule has 0 fully saturated rings. The van der Waals surface area contributed by atoms with Crippen molar-refractivity contribution >= 4 is 21.9 Å². The highest BCUT2D eigenvalue weighted by atomic mass is 79.9. The van der Waals surface area contributed by atoms with Gasteiger partial charge >= 0.3 is 5.97 Å². The Balaban J connectivity index is 3.41. The first-order chi connectivity index (χ1) is 7.52. The summed E-state index contributed by atoms with van der Waals surface area (Å²) in [6.45, 7) is 0. The number of carbonyl (C=O) groups excluding carboxylic acids is 1. The summed E-state index contributed by atoms with van der Waals surface area (Å²) in [4.78, 5) is 25.1. The molecule has 0 amide bonds. The molecule has 0 unspecified atom stereocenters. The smallest absolute Gasteiger partial charge is 0.354 e. The van der Waals surface area contributed by atoms with Crippen LogP contribution < -0.4 is 5.43 Å². The van der Waals surface area contributed by atoms with Crippen molar-refractivity contribution in [1.82, 2.24) is 4.98 Å². The van der Waals surface area contributed by atoms with Crippen molar-refractivity contribution < 1.29 is 18.3 Å². The van der Waals surface area contributed by atoms with Crippen LogP contribution in [-0.4, -0.2) is 18.1 Å². The zero-order valence-electron chi connectivity index (χ0n) is 8.22. The minimum atomic E-state index is -2.88. The molecular formula is C9H8BrF2NO3. The molecule has 88 valence electrons. The molecule has 1 aromatic rings. The van der Waals surface area contributed by atoms with Crippen molar-refractivity contribution in [1.29, 1.82) is 0 Å². The van der Waals surface area contributed by atoms with E-state index in [2.05, 4.69) is 25.7 Å². The van der Waals surface area contributed by atoms with Crippen LogP contribution in [-0.2, 0) is 10.1 Å². The second kappa shape index (κ2) is 5.20. The van der Waals surface area contributed by atoms with E-state index < -0.39 is 23.4 Å². The SMILES string of the molecule is COC(=O)c1[nH]cc(C(F)F)c(=O)c1CBr. The standard InChI is InChI=1S/C9H8BrF2NO3/c1-16-9(15)6-4(2-10)7(14)5(3-13-6)8(11)12/h3,8H,2H2,1H3,(H,13,14). The van der Waals surface area contributed by atoms with Gasteiger partial charge in [0.25, 0.3) is 6.43 Å². The highest BCUT2D eigenvalue weighted by Gasteiger charge is 2.20. The van der Waals surface area contributed by atoms with E-state index in [1.807, 2.05) is 0 Å². The van der Waals surface area contributed by atoms with Crippen molar-refractivity contribution in [2.75, 3.05) is 7.11 Å². The molecule has 4 nitrogen and oxygen atoms in total. The van der Waals surface area contributed by atoms with Gasteiger partial charge in [0.15, 0.2) is 5.43 Å². The molecular weight excluding hydrogens is 288 g/mol. The zero-order chi connectivity index (χ0) is 12.3. The predicted molar refractivity (Wildman–Crippen MR) is 56.0 cm³/mol. The number of ether oxygens (including phenoxy) is 1. The Morgan fingerprint density at radius 2 is 2.25 bits per heavy atom. The number of rotatable bonds is 3. The largest absolute Gasteiger partial charge is 0.464 e. The molecule has 0 bridgehead atoms. The van der Waals surface area contributed by atoms with Crippen molar-refractivity contribution in [3.63, 3.8) is 0 Å². The maximum absolute atomic E-state index is 12.4.